The van der Waals surface area contributed by atoms with Crippen molar-refractivity contribution in [2.45, 2.75) is 51.4 Å². The minimum atomic E-state index is 0.0886. The van der Waals surface area contributed by atoms with Crippen LogP contribution in [0.15, 0.2) is 29.3 Å². The molecule has 1 aromatic rings. The van der Waals surface area contributed by atoms with Gasteiger partial charge in [0, 0.05) is 12.1 Å². The normalized spacial score (nSPS) is 15.2. The Labute approximate surface area is 175 Å². The standard InChI is InChI=1S/C22H38N6O/c23-21(24)19-7-9-20(10-8-19)29-17-5-6-18-11-15-28(16-12-18)14-4-2-1-3-13-27-22(25)26/h7-10,18H,1-6,11-17H2,(H3,23,24)(H4,25,26,27). The molecule has 0 radical (unpaired) electrons. The summed E-state index contributed by atoms with van der Waals surface area (Å²) in [7, 11) is 0. The average molecular weight is 403 g/mol. The van der Waals surface area contributed by atoms with Gasteiger partial charge in [0.05, 0.1) is 6.61 Å². The molecule has 1 saturated heterocycles. The number of nitrogen functional groups attached to an aromatic ring is 1. The van der Waals surface area contributed by atoms with E-state index in [9.17, 15) is 0 Å². The summed E-state index contributed by atoms with van der Waals surface area (Å²) in [6.07, 6.45) is 9.73. The number of hydrogen-bond acceptors (Lipinski definition) is 4. The number of guanidine groups is 1. The van der Waals surface area contributed by atoms with Crippen LogP contribution in [0, 0.1) is 11.3 Å². The first-order valence-corrected chi connectivity index (χ1v) is 10.9. The Kier molecular flexibility index (Phi) is 10.3. The number of rotatable bonds is 13. The van der Waals surface area contributed by atoms with Gasteiger partial charge < -0.3 is 26.8 Å². The molecule has 162 valence electrons. The summed E-state index contributed by atoms with van der Waals surface area (Å²) >= 11 is 0. The Bertz CT molecular complexity index is 619. The smallest absolute Gasteiger partial charge is 0.185 e. The molecule has 0 aromatic heterocycles. The molecule has 1 aliphatic heterocycles. The fraction of sp³-hybridized carbons (Fsp3) is 0.636. The van der Waals surface area contributed by atoms with E-state index in [0.29, 0.717) is 0 Å². The number of likely N-dealkylation sites (tertiary alicyclic amines) is 1. The molecule has 1 heterocycles. The van der Waals surface area contributed by atoms with Gasteiger partial charge in [-0.3, -0.25) is 10.4 Å². The summed E-state index contributed by atoms with van der Waals surface area (Å²) < 4.78 is 5.82. The second kappa shape index (κ2) is 13.0. The summed E-state index contributed by atoms with van der Waals surface area (Å²) in [6, 6.07) is 7.43. The van der Waals surface area contributed by atoms with Crippen LogP contribution in [0.4, 0.5) is 0 Å². The van der Waals surface area contributed by atoms with Crippen LogP contribution in [-0.4, -0.2) is 49.5 Å². The van der Waals surface area contributed by atoms with Crippen LogP contribution in [0.25, 0.3) is 0 Å². The van der Waals surface area contributed by atoms with Gasteiger partial charge in [0.2, 0.25) is 0 Å². The number of nitrogens with one attached hydrogen (secondary N) is 1. The molecular weight excluding hydrogens is 364 g/mol. The lowest BCUT2D eigenvalue weighted by Crippen LogP contribution is -2.34. The Morgan fingerprint density at radius 2 is 1.69 bits per heavy atom. The van der Waals surface area contributed by atoms with Crippen molar-refractivity contribution in [2.24, 2.45) is 28.1 Å². The number of hydrogen-bond donors (Lipinski definition) is 4. The number of nitrogens with zero attached hydrogens (tertiary/aromatic N) is 2. The molecule has 0 spiro atoms. The van der Waals surface area contributed by atoms with Crippen LogP contribution in [0.1, 0.15) is 56.9 Å². The minimum absolute atomic E-state index is 0.0886. The van der Waals surface area contributed by atoms with Gasteiger partial charge in [-0.2, -0.15) is 0 Å². The minimum Gasteiger partial charge on any atom is -0.494 e. The molecule has 1 aliphatic rings. The average Bonchev–Trinajstić information content (AvgIpc) is 2.71. The number of benzene rings is 1. The molecule has 0 atom stereocenters. The molecule has 1 fully saturated rings. The highest BCUT2D eigenvalue weighted by Gasteiger charge is 2.18. The fourth-order valence-corrected chi connectivity index (χ4v) is 3.80. The molecule has 7 N–H and O–H groups in total. The Morgan fingerprint density at radius 3 is 2.34 bits per heavy atom. The summed E-state index contributed by atoms with van der Waals surface area (Å²) in [5.74, 6) is 1.96. The summed E-state index contributed by atoms with van der Waals surface area (Å²) in [5, 5.41) is 7.41. The maximum atomic E-state index is 7.41. The zero-order chi connectivity index (χ0) is 20.9. The van der Waals surface area contributed by atoms with E-state index in [-0.39, 0.29) is 11.8 Å². The highest BCUT2D eigenvalue weighted by atomic mass is 16.5. The highest BCUT2D eigenvalue weighted by molar-refractivity contribution is 5.94. The van der Waals surface area contributed by atoms with Gasteiger partial charge in [0.25, 0.3) is 0 Å². The SMILES string of the molecule is N=C(N)c1ccc(OCCCC2CCN(CCCCCCN=C(N)N)CC2)cc1. The molecular formula is C22H38N6O. The van der Waals surface area contributed by atoms with Gasteiger partial charge in [-0.1, -0.05) is 12.8 Å². The third kappa shape index (κ3) is 9.65. The maximum absolute atomic E-state index is 7.41. The number of aliphatic imine (C=N–C) groups is 1. The van der Waals surface area contributed by atoms with Crippen molar-refractivity contribution in [1.82, 2.24) is 4.90 Å². The van der Waals surface area contributed by atoms with Gasteiger partial charge in [0.15, 0.2) is 5.96 Å². The summed E-state index contributed by atoms with van der Waals surface area (Å²) in [4.78, 5) is 6.63. The van der Waals surface area contributed by atoms with Gasteiger partial charge in [-0.15, -0.1) is 0 Å². The molecule has 2 rings (SSSR count). The number of unbranched alkanes of at least 4 members (excludes halogenated alkanes) is 3. The third-order valence-electron chi connectivity index (χ3n) is 5.57. The molecule has 29 heavy (non-hydrogen) atoms. The lowest BCUT2D eigenvalue weighted by molar-refractivity contribution is 0.169. The van der Waals surface area contributed by atoms with Crippen LogP contribution in [0.3, 0.4) is 0 Å². The lowest BCUT2D eigenvalue weighted by atomic mass is 9.92. The van der Waals surface area contributed by atoms with Crippen molar-refractivity contribution < 1.29 is 4.74 Å². The van der Waals surface area contributed by atoms with E-state index in [2.05, 4.69) is 9.89 Å². The predicted octanol–water partition coefficient (Wildman–Crippen LogP) is 2.68. The molecule has 7 heteroatoms. The quantitative estimate of drug-likeness (QED) is 0.229. The number of ether oxygens (including phenoxy) is 1. The second-order valence-corrected chi connectivity index (χ2v) is 7.93. The van der Waals surface area contributed by atoms with Crippen molar-refractivity contribution >= 4 is 11.8 Å². The Hall–Kier alpha value is -2.28. The van der Waals surface area contributed by atoms with Crippen LogP contribution < -0.4 is 21.9 Å². The van der Waals surface area contributed by atoms with Crippen LogP contribution >= 0.6 is 0 Å². The van der Waals surface area contributed by atoms with E-state index in [1.165, 1.54) is 58.2 Å². The monoisotopic (exact) mass is 402 g/mol. The Morgan fingerprint density at radius 1 is 1.00 bits per heavy atom. The topological polar surface area (TPSA) is 127 Å². The van der Waals surface area contributed by atoms with Gasteiger partial charge >= 0.3 is 0 Å². The molecule has 0 saturated carbocycles. The Balaban J connectivity index is 1.47. The van der Waals surface area contributed by atoms with Crippen molar-refractivity contribution in [1.29, 1.82) is 5.41 Å². The molecule has 0 unspecified atom stereocenters. The van der Waals surface area contributed by atoms with Crippen molar-refractivity contribution in [3.05, 3.63) is 29.8 Å². The van der Waals surface area contributed by atoms with Crippen molar-refractivity contribution in [3.8, 4) is 5.75 Å². The molecule has 7 nitrogen and oxygen atoms in total. The van der Waals surface area contributed by atoms with Crippen LogP contribution in [0.2, 0.25) is 0 Å². The summed E-state index contributed by atoms with van der Waals surface area (Å²) in [6.45, 7) is 5.17. The molecule has 0 amide bonds. The van der Waals surface area contributed by atoms with Gasteiger partial charge in [-0.25, -0.2) is 0 Å². The van der Waals surface area contributed by atoms with Crippen LogP contribution in [-0.2, 0) is 0 Å². The van der Waals surface area contributed by atoms with Gasteiger partial charge in [-0.05, 0) is 88.3 Å². The third-order valence-corrected chi connectivity index (χ3v) is 5.57. The number of amidine groups is 1. The van der Waals surface area contributed by atoms with E-state index in [0.717, 1.165) is 43.2 Å². The van der Waals surface area contributed by atoms with E-state index in [1.807, 2.05) is 24.3 Å². The first-order chi connectivity index (χ1) is 14.0. The summed E-state index contributed by atoms with van der Waals surface area (Å²) in [5.41, 5.74) is 16.8. The van der Waals surface area contributed by atoms with E-state index >= 15 is 0 Å². The van der Waals surface area contributed by atoms with Gasteiger partial charge in [0.1, 0.15) is 11.6 Å². The zero-order valence-electron chi connectivity index (χ0n) is 17.6. The van der Waals surface area contributed by atoms with Crippen molar-refractivity contribution in [2.75, 3.05) is 32.8 Å². The van der Waals surface area contributed by atoms with Crippen molar-refractivity contribution in [3.63, 3.8) is 0 Å². The lowest BCUT2D eigenvalue weighted by Gasteiger charge is -2.32. The zero-order valence-corrected chi connectivity index (χ0v) is 17.6. The molecule has 0 bridgehead atoms. The largest absolute Gasteiger partial charge is 0.494 e. The van der Waals surface area contributed by atoms with E-state index in [4.69, 9.17) is 27.3 Å². The predicted molar refractivity (Wildman–Crippen MR) is 120 cm³/mol. The van der Waals surface area contributed by atoms with Crippen LogP contribution in [0.5, 0.6) is 5.75 Å². The fourth-order valence-electron chi connectivity index (χ4n) is 3.80. The first kappa shape index (κ1) is 23.0. The number of nitrogens with two attached hydrogens (primary N) is 3. The highest BCUT2D eigenvalue weighted by Crippen LogP contribution is 2.22. The number of piperidine rings is 1. The second-order valence-electron chi connectivity index (χ2n) is 7.93. The first-order valence-electron chi connectivity index (χ1n) is 10.9. The van der Waals surface area contributed by atoms with E-state index < -0.39 is 0 Å². The van der Waals surface area contributed by atoms with E-state index in [1.54, 1.807) is 0 Å². The molecule has 1 aromatic carbocycles. The molecule has 0 aliphatic carbocycles. The maximum Gasteiger partial charge on any atom is 0.185 e.